The predicted octanol–water partition coefficient (Wildman–Crippen LogP) is 9.32. The second-order valence-electron chi connectivity index (χ2n) is 14.2. The van der Waals surface area contributed by atoms with Crippen molar-refractivity contribution in [1.29, 1.82) is 0 Å². The van der Waals surface area contributed by atoms with Gasteiger partial charge in [-0.1, -0.05) is 26.7 Å². The van der Waals surface area contributed by atoms with Crippen molar-refractivity contribution in [2.75, 3.05) is 0 Å². The number of aromatic amines is 2. The number of nitrogens with zero attached hydrogens (tertiary/aromatic N) is 2. The summed E-state index contributed by atoms with van der Waals surface area (Å²) in [7, 11) is -6.72. The lowest BCUT2D eigenvalue weighted by Crippen LogP contribution is -2.60. The third-order valence-electron chi connectivity index (χ3n) is 7.80. The second kappa shape index (κ2) is 12.9. The van der Waals surface area contributed by atoms with E-state index < -0.39 is 25.2 Å². The molecule has 3 aromatic rings. The minimum absolute atomic E-state index is 0.935. The fourth-order valence-electron chi connectivity index (χ4n) is 6.16. The Hall–Kier alpha value is -2.83. The van der Waals surface area contributed by atoms with Crippen LogP contribution in [0.5, 0.6) is 0 Å². The van der Waals surface area contributed by atoms with E-state index in [0.717, 1.165) is 83.4 Å². The number of unbranched alkanes of at least 4 members (excludes halogenated alkanes) is 2. The number of nitrogens with one attached hydrogen (secondary N) is 2. The summed E-state index contributed by atoms with van der Waals surface area (Å²) in [6, 6.07) is 11.1. The van der Waals surface area contributed by atoms with Crippen molar-refractivity contribution in [3.8, 4) is 0 Å². The molecule has 8 bridgehead atoms. The van der Waals surface area contributed by atoms with Crippen molar-refractivity contribution >= 4 is 76.8 Å². The standard InChI is InChI=1S/C35H50N4O2Si3/c1-10-12-14-28-30-19-16-25(36-30)22-26-17-20-32(37-26)29(15-13-11-2)33-24-35(34(39-33)23-27-18-21-31(28)38-27)44(9,40-42(3,4)5)41-43(6,7)8/h16-24,38-39H,10-15H2,1-9H3. The molecule has 234 valence electrons. The van der Waals surface area contributed by atoms with Crippen LogP contribution in [0.4, 0.5) is 0 Å². The number of rotatable bonds is 11. The van der Waals surface area contributed by atoms with Crippen LogP contribution in [0, 0.1) is 0 Å². The van der Waals surface area contributed by atoms with Crippen LogP contribution in [0.2, 0.25) is 45.8 Å². The van der Waals surface area contributed by atoms with Gasteiger partial charge in [-0.2, -0.15) is 0 Å². The molecule has 0 aliphatic carbocycles. The molecule has 0 aromatic carbocycles. The molecule has 3 aromatic heterocycles. The zero-order valence-corrected chi connectivity index (χ0v) is 31.1. The highest BCUT2D eigenvalue weighted by molar-refractivity contribution is 6.95. The molecule has 9 heteroatoms. The molecular weight excluding hydrogens is 593 g/mol. The molecule has 2 aliphatic heterocycles. The van der Waals surface area contributed by atoms with E-state index in [0.29, 0.717) is 0 Å². The van der Waals surface area contributed by atoms with Crippen molar-refractivity contribution < 1.29 is 8.23 Å². The number of hydrogen-bond acceptors (Lipinski definition) is 4. The summed E-state index contributed by atoms with van der Waals surface area (Å²) in [6.45, 7) is 20.3. The average molecular weight is 643 g/mol. The van der Waals surface area contributed by atoms with Crippen LogP contribution in [0.25, 0.3) is 46.4 Å². The summed E-state index contributed by atoms with van der Waals surface area (Å²) in [6.07, 6.45) is 14.9. The maximum Gasteiger partial charge on any atom is 0.350 e. The van der Waals surface area contributed by atoms with Crippen LogP contribution in [0.15, 0.2) is 30.3 Å². The molecule has 0 amide bonds. The van der Waals surface area contributed by atoms with E-state index in [1.54, 1.807) is 0 Å². The summed E-state index contributed by atoms with van der Waals surface area (Å²) in [4.78, 5) is 17.8. The Morgan fingerprint density at radius 3 is 1.68 bits per heavy atom. The third-order valence-corrected chi connectivity index (χ3v) is 17.2. The molecule has 2 N–H and O–H groups in total. The summed E-state index contributed by atoms with van der Waals surface area (Å²) in [5.41, 5.74) is 10.7. The van der Waals surface area contributed by atoms with Gasteiger partial charge >= 0.3 is 8.56 Å². The van der Waals surface area contributed by atoms with E-state index in [2.05, 4.69) is 124 Å². The molecule has 5 rings (SSSR count). The number of H-pyrrole nitrogens is 2. The van der Waals surface area contributed by atoms with Crippen LogP contribution in [-0.2, 0) is 21.1 Å². The maximum atomic E-state index is 7.09. The number of fused-ring (bicyclic) bond motifs is 8. The van der Waals surface area contributed by atoms with Crippen LogP contribution in [0.1, 0.15) is 73.4 Å². The van der Waals surface area contributed by atoms with Crippen LogP contribution in [-0.4, -0.2) is 45.1 Å². The molecule has 0 saturated heterocycles. The minimum atomic E-state index is -2.82. The van der Waals surface area contributed by atoms with Crippen molar-refractivity contribution in [2.45, 2.75) is 98.2 Å². The number of hydrogen-bond donors (Lipinski definition) is 2. The third kappa shape index (κ3) is 7.69. The Morgan fingerprint density at radius 2 is 1.16 bits per heavy atom. The van der Waals surface area contributed by atoms with Crippen LogP contribution >= 0.6 is 0 Å². The summed E-state index contributed by atoms with van der Waals surface area (Å²) >= 11 is 0. The van der Waals surface area contributed by atoms with E-state index in [1.807, 2.05) is 0 Å². The van der Waals surface area contributed by atoms with Crippen molar-refractivity contribution in [3.05, 3.63) is 64.2 Å². The highest BCUT2D eigenvalue weighted by atomic mass is 28.5. The van der Waals surface area contributed by atoms with Crippen molar-refractivity contribution in [1.82, 2.24) is 19.9 Å². The fourth-order valence-corrected chi connectivity index (χ4v) is 18.0. The van der Waals surface area contributed by atoms with Gasteiger partial charge in [0.15, 0.2) is 16.6 Å². The Bertz CT molecular complexity index is 1720. The van der Waals surface area contributed by atoms with Gasteiger partial charge in [-0.05, 0) is 126 Å². The van der Waals surface area contributed by atoms with E-state index in [4.69, 9.17) is 18.2 Å². The maximum absolute atomic E-state index is 7.09. The number of aromatic nitrogens is 4. The molecule has 2 aliphatic rings. The smallest absolute Gasteiger partial charge is 0.350 e. The molecule has 0 atom stereocenters. The average Bonchev–Trinajstić information content (AvgIpc) is 3.71. The van der Waals surface area contributed by atoms with Gasteiger partial charge < -0.3 is 18.2 Å². The molecule has 0 saturated carbocycles. The van der Waals surface area contributed by atoms with E-state index >= 15 is 0 Å². The SMILES string of the molecule is CCCCc1c2nc(cc3nc(c(CCCC)c4cc([Si](C)(O[Si](C)(C)C)O[Si](C)(C)C)c(cc5ccc1[nH]5)[nH]4)C=C3)C=C2. The molecule has 0 spiro atoms. The summed E-state index contributed by atoms with van der Waals surface area (Å²) in [5.74, 6) is 0. The van der Waals surface area contributed by atoms with E-state index in [1.165, 1.54) is 16.3 Å². The van der Waals surface area contributed by atoms with Gasteiger partial charge in [0.05, 0.1) is 22.8 Å². The lowest BCUT2D eigenvalue weighted by molar-refractivity contribution is 0.405. The normalized spacial score (nSPS) is 13.7. The second-order valence-corrected chi connectivity index (χ2v) is 26.7. The van der Waals surface area contributed by atoms with Gasteiger partial charge in [-0.3, -0.25) is 0 Å². The zero-order valence-electron chi connectivity index (χ0n) is 28.1. The molecule has 0 fully saturated rings. The van der Waals surface area contributed by atoms with Crippen molar-refractivity contribution in [3.63, 3.8) is 0 Å². The van der Waals surface area contributed by atoms with Gasteiger partial charge in [0.1, 0.15) is 0 Å². The molecule has 44 heavy (non-hydrogen) atoms. The quantitative estimate of drug-likeness (QED) is 0.141. The highest BCUT2D eigenvalue weighted by Gasteiger charge is 2.43. The van der Waals surface area contributed by atoms with E-state index in [-0.39, 0.29) is 0 Å². The van der Waals surface area contributed by atoms with Gasteiger partial charge in [-0.25, -0.2) is 9.97 Å². The Kier molecular flexibility index (Phi) is 9.53. The van der Waals surface area contributed by atoms with Gasteiger partial charge in [0.2, 0.25) is 0 Å². The molecule has 5 heterocycles. The van der Waals surface area contributed by atoms with E-state index in [9.17, 15) is 0 Å². The predicted molar refractivity (Wildman–Crippen MR) is 196 cm³/mol. The Labute approximate surface area is 266 Å². The first kappa shape index (κ1) is 32.6. The number of aryl methyl sites for hydroxylation is 2. The molecule has 6 nitrogen and oxygen atoms in total. The summed E-state index contributed by atoms with van der Waals surface area (Å²) in [5, 5.41) is 1.17. The van der Waals surface area contributed by atoms with Crippen LogP contribution in [0.3, 0.4) is 0 Å². The molecule has 0 unspecified atom stereocenters. The molecule has 0 radical (unpaired) electrons. The Balaban J connectivity index is 1.89. The van der Waals surface area contributed by atoms with Crippen LogP contribution < -0.4 is 5.19 Å². The highest BCUT2D eigenvalue weighted by Crippen LogP contribution is 2.28. The zero-order chi connectivity index (χ0) is 31.7. The lowest BCUT2D eigenvalue weighted by atomic mass is 10.1. The fraction of sp³-hybridized carbons (Fsp3) is 0.429. The Morgan fingerprint density at radius 1 is 0.614 bits per heavy atom. The van der Waals surface area contributed by atoms with Gasteiger partial charge in [0.25, 0.3) is 0 Å². The minimum Gasteiger partial charge on any atom is -0.433 e. The lowest BCUT2D eigenvalue weighted by Gasteiger charge is -2.38. The van der Waals surface area contributed by atoms with Gasteiger partial charge in [0, 0.05) is 38.4 Å². The topological polar surface area (TPSA) is 75.8 Å². The first-order valence-corrected chi connectivity index (χ1v) is 25.4. The van der Waals surface area contributed by atoms with Gasteiger partial charge in [-0.15, -0.1) is 0 Å². The monoisotopic (exact) mass is 642 g/mol. The van der Waals surface area contributed by atoms with Crippen molar-refractivity contribution in [2.24, 2.45) is 0 Å². The first-order chi connectivity index (χ1) is 20.8. The molecular formula is C35H50N4O2Si3. The summed E-state index contributed by atoms with van der Waals surface area (Å²) < 4.78 is 14.2. The largest absolute Gasteiger partial charge is 0.433 e. The first-order valence-electron chi connectivity index (χ1n) is 16.3.